The molecule has 0 saturated carbocycles. The fourth-order valence-corrected chi connectivity index (χ4v) is 3.35. The quantitative estimate of drug-likeness (QED) is 0.713. The topological polar surface area (TPSA) is 84.7 Å². The van der Waals surface area contributed by atoms with Gasteiger partial charge in [0.1, 0.15) is 5.65 Å². The van der Waals surface area contributed by atoms with Gasteiger partial charge in [0, 0.05) is 33.0 Å². The van der Waals surface area contributed by atoms with E-state index in [1.54, 1.807) is 29.8 Å². The van der Waals surface area contributed by atoms with Gasteiger partial charge in [-0.1, -0.05) is 6.07 Å². The van der Waals surface area contributed by atoms with Crippen LogP contribution in [0.25, 0.3) is 5.65 Å². The second-order valence-corrected chi connectivity index (χ2v) is 6.07. The van der Waals surface area contributed by atoms with Crippen LogP contribution in [-0.4, -0.2) is 44.6 Å². The molecule has 0 atom stereocenters. The molecule has 21 heavy (non-hydrogen) atoms. The van der Waals surface area contributed by atoms with E-state index in [0.29, 0.717) is 37.6 Å². The van der Waals surface area contributed by atoms with Gasteiger partial charge in [-0.2, -0.15) is 0 Å². The van der Waals surface area contributed by atoms with Gasteiger partial charge in [-0.3, -0.25) is 4.40 Å². The molecule has 0 aliphatic rings. The lowest BCUT2D eigenvalue weighted by Gasteiger charge is -2.08. The van der Waals surface area contributed by atoms with E-state index in [9.17, 15) is 8.42 Å². The predicted molar refractivity (Wildman–Crippen MR) is 81.0 cm³/mol. The predicted octanol–water partition coefficient (Wildman–Crippen LogP) is 1.08. The minimum Gasteiger partial charge on any atom is -0.382 e. The number of ether oxygens (including phenoxy) is 1. The lowest BCUT2D eigenvalue weighted by Crippen LogP contribution is -2.27. The Bertz CT molecular complexity index is 697. The fraction of sp³-hybridized carbons (Fsp3) is 0.462. The molecule has 0 fully saturated rings. The van der Waals surface area contributed by atoms with Crippen molar-refractivity contribution in [2.75, 3.05) is 32.1 Å². The summed E-state index contributed by atoms with van der Waals surface area (Å²) in [5.74, 6) is 0.332. The van der Waals surface area contributed by atoms with Gasteiger partial charge < -0.3 is 10.1 Å². The SMILES string of the molecule is CCOCCCNS(=O)(=O)c1c(NC)nc2ccccn12. The zero-order chi connectivity index (χ0) is 15.3. The normalized spacial score (nSPS) is 11.9. The summed E-state index contributed by atoms with van der Waals surface area (Å²) in [6.07, 6.45) is 2.30. The molecule has 0 radical (unpaired) electrons. The molecule has 0 amide bonds. The number of anilines is 1. The van der Waals surface area contributed by atoms with Gasteiger partial charge in [0.15, 0.2) is 10.8 Å². The van der Waals surface area contributed by atoms with Crippen LogP contribution in [0.3, 0.4) is 0 Å². The lowest BCUT2D eigenvalue weighted by molar-refractivity contribution is 0.146. The maximum atomic E-state index is 12.5. The number of nitrogens with one attached hydrogen (secondary N) is 2. The molecule has 0 aromatic carbocycles. The molecular weight excluding hydrogens is 292 g/mol. The molecule has 2 heterocycles. The largest absolute Gasteiger partial charge is 0.382 e. The van der Waals surface area contributed by atoms with Crippen LogP contribution in [0.5, 0.6) is 0 Å². The summed E-state index contributed by atoms with van der Waals surface area (Å²) in [4.78, 5) is 4.26. The van der Waals surface area contributed by atoms with Crippen molar-refractivity contribution >= 4 is 21.5 Å². The van der Waals surface area contributed by atoms with Gasteiger partial charge in [-0.15, -0.1) is 0 Å². The van der Waals surface area contributed by atoms with E-state index in [2.05, 4.69) is 15.0 Å². The molecule has 0 bridgehead atoms. The zero-order valence-corrected chi connectivity index (χ0v) is 13.0. The van der Waals surface area contributed by atoms with Crippen LogP contribution in [0.15, 0.2) is 29.4 Å². The first-order valence-electron chi connectivity index (χ1n) is 6.82. The van der Waals surface area contributed by atoms with E-state index in [0.717, 1.165) is 0 Å². The lowest BCUT2D eigenvalue weighted by atomic mass is 10.5. The molecule has 0 unspecified atom stereocenters. The summed E-state index contributed by atoms with van der Waals surface area (Å²) >= 11 is 0. The Labute approximate surface area is 124 Å². The van der Waals surface area contributed by atoms with Crippen molar-refractivity contribution in [1.29, 1.82) is 0 Å². The van der Waals surface area contributed by atoms with Crippen molar-refractivity contribution in [2.45, 2.75) is 18.4 Å². The molecule has 2 aromatic heterocycles. The van der Waals surface area contributed by atoms with Crippen molar-refractivity contribution in [3.05, 3.63) is 24.4 Å². The number of aromatic nitrogens is 2. The smallest absolute Gasteiger partial charge is 0.260 e. The summed E-state index contributed by atoms with van der Waals surface area (Å²) in [5, 5.41) is 2.95. The van der Waals surface area contributed by atoms with Crippen molar-refractivity contribution in [3.8, 4) is 0 Å². The number of hydrogen-bond acceptors (Lipinski definition) is 5. The van der Waals surface area contributed by atoms with Crippen molar-refractivity contribution in [2.24, 2.45) is 0 Å². The molecule has 0 spiro atoms. The molecule has 2 rings (SSSR count). The first-order chi connectivity index (χ1) is 10.1. The average molecular weight is 312 g/mol. The van der Waals surface area contributed by atoms with E-state index in [1.807, 2.05) is 13.0 Å². The summed E-state index contributed by atoms with van der Waals surface area (Å²) in [6.45, 7) is 3.39. The molecule has 8 heteroatoms. The Balaban J connectivity index is 2.23. The Morgan fingerprint density at radius 2 is 2.19 bits per heavy atom. The zero-order valence-electron chi connectivity index (χ0n) is 12.2. The second kappa shape index (κ2) is 6.88. The molecule has 0 saturated heterocycles. The number of fused-ring (bicyclic) bond motifs is 1. The summed E-state index contributed by atoms with van der Waals surface area (Å²) in [7, 11) is -1.99. The van der Waals surface area contributed by atoms with Crippen molar-refractivity contribution in [3.63, 3.8) is 0 Å². The van der Waals surface area contributed by atoms with Gasteiger partial charge >= 0.3 is 0 Å². The highest BCUT2D eigenvalue weighted by Gasteiger charge is 2.24. The van der Waals surface area contributed by atoms with E-state index < -0.39 is 10.0 Å². The summed E-state index contributed by atoms with van der Waals surface area (Å²) < 4.78 is 34.3. The Morgan fingerprint density at radius 3 is 2.90 bits per heavy atom. The Morgan fingerprint density at radius 1 is 1.38 bits per heavy atom. The monoisotopic (exact) mass is 312 g/mol. The number of rotatable bonds is 8. The highest BCUT2D eigenvalue weighted by Crippen LogP contribution is 2.21. The van der Waals surface area contributed by atoms with E-state index in [-0.39, 0.29) is 5.03 Å². The van der Waals surface area contributed by atoms with Crippen molar-refractivity contribution in [1.82, 2.24) is 14.1 Å². The number of imidazole rings is 1. The summed E-state index contributed by atoms with van der Waals surface area (Å²) in [5.41, 5.74) is 0.580. The maximum absolute atomic E-state index is 12.5. The number of hydrogen-bond donors (Lipinski definition) is 2. The van der Waals surface area contributed by atoms with Crippen LogP contribution in [-0.2, 0) is 14.8 Å². The van der Waals surface area contributed by atoms with Gasteiger partial charge in [0.2, 0.25) is 0 Å². The first-order valence-corrected chi connectivity index (χ1v) is 8.30. The Kier molecular flexibility index (Phi) is 5.16. The van der Waals surface area contributed by atoms with E-state index >= 15 is 0 Å². The highest BCUT2D eigenvalue weighted by atomic mass is 32.2. The second-order valence-electron chi connectivity index (χ2n) is 4.39. The Hall–Kier alpha value is -1.64. The summed E-state index contributed by atoms with van der Waals surface area (Å²) in [6, 6.07) is 5.34. The van der Waals surface area contributed by atoms with Gasteiger partial charge in [-0.25, -0.2) is 18.1 Å². The highest BCUT2D eigenvalue weighted by molar-refractivity contribution is 7.89. The van der Waals surface area contributed by atoms with Gasteiger partial charge in [-0.05, 0) is 25.5 Å². The van der Waals surface area contributed by atoms with Crippen LogP contribution in [0, 0.1) is 0 Å². The van der Waals surface area contributed by atoms with Crippen LogP contribution in [0.2, 0.25) is 0 Å². The third kappa shape index (κ3) is 3.52. The van der Waals surface area contributed by atoms with Gasteiger partial charge in [0.05, 0.1) is 0 Å². The van der Waals surface area contributed by atoms with Crippen LogP contribution in [0.4, 0.5) is 5.82 Å². The van der Waals surface area contributed by atoms with E-state index in [4.69, 9.17) is 4.74 Å². The molecular formula is C13H20N4O3S. The minimum atomic E-state index is -3.64. The van der Waals surface area contributed by atoms with Crippen LogP contribution >= 0.6 is 0 Å². The number of nitrogens with zero attached hydrogens (tertiary/aromatic N) is 2. The maximum Gasteiger partial charge on any atom is 0.260 e. The minimum absolute atomic E-state index is 0.122. The van der Waals surface area contributed by atoms with Gasteiger partial charge in [0.25, 0.3) is 10.0 Å². The molecule has 7 nitrogen and oxygen atoms in total. The molecule has 2 aromatic rings. The molecule has 0 aliphatic carbocycles. The molecule has 2 N–H and O–H groups in total. The number of pyridine rings is 1. The average Bonchev–Trinajstić information content (AvgIpc) is 2.86. The van der Waals surface area contributed by atoms with Crippen molar-refractivity contribution < 1.29 is 13.2 Å². The van der Waals surface area contributed by atoms with Crippen LogP contribution in [0.1, 0.15) is 13.3 Å². The molecule has 0 aliphatic heterocycles. The first kappa shape index (κ1) is 15.7. The van der Waals surface area contributed by atoms with Crippen LogP contribution < -0.4 is 10.0 Å². The molecule has 116 valence electrons. The third-order valence-corrected chi connectivity index (χ3v) is 4.42. The number of sulfonamides is 1. The standard InChI is InChI=1S/C13H20N4O3S/c1-3-20-10-6-8-15-21(18,19)13-12(14-2)16-11-7-4-5-9-17(11)13/h4-5,7,9,14-15H,3,6,8,10H2,1-2H3. The third-order valence-electron chi connectivity index (χ3n) is 2.94. The fourth-order valence-electron chi connectivity index (χ4n) is 1.99. The van der Waals surface area contributed by atoms with E-state index in [1.165, 1.54) is 0 Å².